The highest BCUT2D eigenvalue weighted by Gasteiger charge is 2.31. The van der Waals surface area contributed by atoms with Crippen molar-refractivity contribution < 1.29 is 21.6 Å². The summed E-state index contributed by atoms with van der Waals surface area (Å²) in [6.07, 6.45) is 2.31. The molecule has 0 radical (unpaired) electrons. The zero-order chi connectivity index (χ0) is 23.2. The van der Waals surface area contributed by atoms with Crippen LogP contribution in [0.1, 0.15) is 38.2 Å². The molecule has 2 aromatic rings. The zero-order valence-electron chi connectivity index (χ0n) is 17.8. The number of amidine groups is 1. The lowest BCUT2D eigenvalue weighted by Gasteiger charge is -2.14. The molecule has 2 aromatic carbocycles. The van der Waals surface area contributed by atoms with Gasteiger partial charge in [-0.2, -0.15) is 0 Å². The van der Waals surface area contributed by atoms with E-state index in [9.17, 15) is 21.6 Å². The van der Waals surface area contributed by atoms with Gasteiger partial charge < -0.3 is 5.32 Å². The van der Waals surface area contributed by atoms with Crippen LogP contribution < -0.4 is 10.0 Å². The van der Waals surface area contributed by atoms with Gasteiger partial charge in [0.05, 0.1) is 15.5 Å². The molecular formula is C22H27N3O5S2. The molecule has 1 aliphatic rings. The summed E-state index contributed by atoms with van der Waals surface area (Å²) in [6.45, 7) is 2.17. The molecule has 0 aliphatic carbocycles. The average molecular weight is 478 g/mol. The molecule has 1 aliphatic heterocycles. The van der Waals surface area contributed by atoms with Crippen molar-refractivity contribution in [2.75, 3.05) is 12.3 Å². The normalized spacial score (nSPS) is 16.8. The molecule has 8 nitrogen and oxygen atoms in total. The lowest BCUT2D eigenvalue weighted by atomic mass is 10.1. The van der Waals surface area contributed by atoms with Crippen LogP contribution in [0.2, 0.25) is 0 Å². The first kappa shape index (κ1) is 23.9. The molecule has 1 unspecified atom stereocenters. The van der Waals surface area contributed by atoms with Gasteiger partial charge in [0.2, 0.25) is 5.91 Å². The number of sulfonamides is 1. The molecular weight excluding hydrogens is 450 g/mol. The van der Waals surface area contributed by atoms with E-state index in [1.807, 2.05) is 6.92 Å². The SMILES string of the molecule is CCCCC(N=C1NS(=O)(=O)c2ccccc21)C(=O)NCCCS(=O)(=O)c1ccccc1. The van der Waals surface area contributed by atoms with E-state index in [1.54, 1.807) is 48.5 Å². The minimum atomic E-state index is -3.69. The molecule has 2 N–H and O–H groups in total. The van der Waals surface area contributed by atoms with Crippen molar-refractivity contribution in [2.24, 2.45) is 4.99 Å². The van der Waals surface area contributed by atoms with E-state index in [4.69, 9.17) is 0 Å². The molecule has 1 heterocycles. The fourth-order valence-electron chi connectivity index (χ4n) is 3.37. The molecule has 0 fully saturated rings. The van der Waals surface area contributed by atoms with Crippen LogP contribution in [-0.4, -0.2) is 46.9 Å². The summed E-state index contributed by atoms with van der Waals surface area (Å²) in [5.74, 6) is -0.284. The van der Waals surface area contributed by atoms with Gasteiger partial charge in [0.15, 0.2) is 9.84 Å². The lowest BCUT2D eigenvalue weighted by molar-refractivity contribution is -0.122. The minimum absolute atomic E-state index is 0.0847. The second kappa shape index (κ2) is 10.3. The maximum atomic E-state index is 12.8. The number of hydrogen-bond donors (Lipinski definition) is 2. The Balaban J connectivity index is 1.65. The Labute approximate surface area is 189 Å². The first-order valence-corrected chi connectivity index (χ1v) is 13.6. The molecule has 0 saturated carbocycles. The maximum Gasteiger partial charge on any atom is 0.263 e. The van der Waals surface area contributed by atoms with E-state index in [-0.39, 0.29) is 40.3 Å². The molecule has 10 heteroatoms. The Kier molecular flexibility index (Phi) is 7.68. The molecule has 1 amide bonds. The quantitative estimate of drug-likeness (QED) is 0.509. The number of carbonyl (C=O) groups is 1. The van der Waals surface area contributed by atoms with Gasteiger partial charge in [-0.3, -0.25) is 14.5 Å². The van der Waals surface area contributed by atoms with E-state index >= 15 is 0 Å². The van der Waals surface area contributed by atoms with Crippen molar-refractivity contribution in [3.05, 3.63) is 60.2 Å². The van der Waals surface area contributed by atoms with Crippen molar-refractivity contribution in [3.63, 3.8) is 0 Å². The number of nitrogens with zero attached hydrogens (tertiary/aromatic N) is 1. The molecule has 32 heavy (non-hydrogen) atoms. The first-order valence-electron chi connectivity index (χ1n) is 10.5. The molecule has 1 atom stereocenters. The lowest BCUT2D eigenvalue weighted by Crippen LogP contribution is -2.36. The van der Waals surface area contributed by atoms with Gasteiger partial charge in [-0.15, -0.1) is 0 Å². The fraction of sp³-hybridized carbons (Fsp3) is 0.364. The Morgan fingerprint density at radius 3 is 2.47 bits per heavy atom. The van der Waals surface area contributed by atoms with E-state index in [0.29, 0.717) is 12.0 Å². The van der Waals surface area contributed by atoms with Crippen molar-refractivity contribution in [3.8, 4) is 0 Å². The number of nitrogens with one attached hydrogen (secondary N) is 2. The summed E-state index contributed by atoms with van der Waals surface area (Å²) in [7, 11) is -7.10. The number of benzene rings is 2. The number of fused-ring (bicyclic) bond motifs is 1. The third-order valence-electron chi connectivity index (χ3n) is 5.07. The van der Waals surface area contributed by atoms with E-state index < -0.39 is 25.9 Å². The summed E-state index contributed by atoms with van der Waals surface area (Å²) < 4.78 is 51.7. The topological polar surface area (TPSA) is 122 Å². The van der Waals surface area contributed by atoms with Crippen LogP contribution in [0.15, 0.2) is 69.4 Å². The van der Waals surface area contributed by atoms with Crippen LogP contribution in [0.25, 0.3) is 0 Å². The molecule has 0 saturated heterocycles. The molecule has 3 rings (SSSR count). The average Bonchev–Trinajstić information content (AvgIpc) is 3.04. The number of unbranched alkanes of at least 4 members (excludes halogenated alkanes) is 1. The predicted molar refractivity (Wildman–Crippen MR) is 123 cm³/mol. The Morgan fingerprint density at radius 2 is 1.75 bits per heavy atom. The van der Waals surface area contributed by atoms with Gasteiger partial charge >= 0.3 is 0 Å². The van der Waals surface area contributed by atoms with Gasteiger partial charge in [-0.25, -0.2) is 16.8 Å². The second-order valence-corrected chi connectivity index (χ2v) is 11.3. The van der Waals surface area contributed by atoms with Crippen molar-refractivity contribution in [1.29, 1.82) is 0 Å². The Morgan fingerprint density at radius 1 is 1.06 bits per heavy atom. The van der Waals surface area contributed by atoms with Crippen molar-refractivity contribution >= 4 is 31.6 Å². The monoisotopic (exact) mass is 477 g/mol. The van der Waals surface area contributed by atoms with Gasteiger partial charge in [0.1, 0.15) is 11.9 Å². The highest BCUT2D eigenvalue weighted by molar-refractivity contribution is 7.91. The van der Waals surface area contributed by atoms with E-state index in [2.05, 4.69) is 15.0 Å². The van der Waals surface area contributed by atoms with Crippen LogP contribution >= 0.6 is 0 Å². The van der Waals surface area contributed by atoms with Gasteiger partial charge in [0, 0.05) is 12.1 Å². The van der Waals surface area contributed by atoms with Crippen LogP contribution in [0.5, 0.6) is 0 Å². The Hall–Kier alpha value is -2.72. The summed E-state index contributed by atoms with van der Waals surface area (Å²) >= 11 is 0. The van der Waals surface area contributed by atoms with Crippen molar-refractivity contribution in [2.45, 2.75) is 48.4 Å². The first-order chi connectivity index (χ1) is 15.2. The summed E-state index contributed by atoms with van der Waals surface area (Å²) in [4.78, 5) is 17.6. The van der Waals surface area contributed by atoms with Crippen molar-refractivity contribution in [1.82, 2.24) is 10.0 Å². The fourth-order valence-corrected chi connectivity index (χ4v) is 5.95. The Bertz CT molecular complexity index is 1190. The van der Waals surface area contributed by atoms with Crippen LogP contribution in [0.4, 0.5) is 0 Å². The predicted octanol–water partition coefficient (Wildman–Crippen LogP) is 2.26. The van der Waals surface area contributed by atoms with Crippen LogP contribution in [0, 0.1) is 0 Å². The third-order valence-corrected chi connectivity index (χ3v) is 8.29. The number of amides is 1. The third kappa shape index (κ3) is 5.74. The van der Waals surface area contributed by atoms with Crippen LogP contribution in [-0.2, 0) is 24.7 Å². The minimum Gasteiger partial charge on any atom is -0.354 e. The number of hydrogen-bond acceptors (Lipinski definition) is 6. The second-order valence-electron chi connectivity index (χ2n) is 7.51. The maximum absolute atomic E-state index is 12.8. The molecule has 0 bridgehead atoms. The number of carbonyl (C=O) groups excluding carboxylic acids is 1. The van der Waals surface area contributed by atoms with Gasteiger partial charge in [-0.1, -0.05) is 50.1 Å². The highest BCUT2D eigenvalue weighted by Crippen LogP contribution is 2.23. The molecule has 0 aromatic heterocycles. The molecule has 0 spiro atoms. The highest BCUT2D eigenvalue weighted by atomic mass is 32.2. The number of rotatable bonds is 10. The molecule has 172 valence electrons. The van der Waals surface area contributed by atoms with Crippen LogP contribution in [0.3, 0.4) is 0 Å². The van der Waals surface area contributed by atoms with Gasteiger partial charge in [-0.05, 0) is 37.1 Å². The largest absolute Gasteiger partial charge is 0.354 e. The summed E-state index contributed by atoms with van der Waals surface area (Å²) in [6, 6.07) is 13.9. The standard InChI is InChI=1S/C22H27N3O5S2/c1-2-3-13-19(24-21-18-12-7-8-14-20(18)32(29,30)25-21)22(26)23-15-9-16-31(27,28)17-10-5-4-6-11-17/h4-8,10-12,14,19H,2-3,9,13,15-16H2,1H3,(H,23,26)(H,24,25). The van der Waals surface area contributed by atoms with Gasteiger partial charge in [0.25, 0.3) is 10.0 Å². The smallest absolute Gasteiger partial charge is 0.263 e. The number of aliphatic imine (C=N–C) groups is 1. The zero-order valence-corrected chi connectivity index (χ0v) is 19.5. The number of sulfone groups is 1. The van der Waals surface area contributed by atoms with E-state index in [1.165, 1.54) is 6.07 Å². The summed E-state index contributed by atoms with van der Waals surface area (Å²) in [5, 5.41) is 2.75. The summed E-state index contributed by atoms with van der Waals surface area (Å²) in [5.41, 5.74) is 0.441. The van der Waals surface area contributed by atoms with E-state index in [0.717, 1.165) is 12.8 Å².